The van der Waals surface area contributed by atoms with Crippen molar-refractivity contribution >= 4 is 6.21 Å². The van der Waals surface area contributed by atoms with Crippen LogP contribution in [0.4, 0.5) is 0 Å². The van der Waals surface area contributed by atoms with Crippen molar-refractivity contribution in [3.63, 3.8) is 0 Å². The number of nitrogens with two attached hydrogens (primary N) is 2. The van der Waals surface area contributed by atoms with Crippen LogP contribution in [0.5, 0.6) is 0 Å². The number of quaternary nitrogens is 1. The van der Waals surface area contributed by atoms with Crippen LogP contribution in [0.15, 0.2) is 17.8 Å². The Hall–Kier alpha value is -0.750. The zero-order chi connectivity index (χ0) is 12.3. The molecule has 15 heavy (non-hydrogen) atoms. The van der Waals surface area contributed by atoms with Gasteiger partial charge in [0.1, 0.15) is 5.60 Å². The maximum atomic E-state index is 5.99. The van der Waals surface area contributed by atoms with Crippen LogP contribution in [-0.2, 0) is 4.84 Å². The molecule has 0 saturated carbocycles. The van der Waals surface area contributed by atoms with E-state index in [1.807, 2.05) is 20.8 Å². The first-order chi connectivity index (χ1) is 6.52. The van der Waals surface area contributed by atoms with E-state index in [0.29, 0.717) is 0 Å². The molecule has 0 amide bonds. The number of nitrogens with zero attached hydrogens (tertiary/aromatic N) is 2. The molecule has 0 bridgehead atoms. The third-order valence-corrected chi connectivity index (χ3v) is 1.58. The number of rotatable bonds is 4. The Bertz CT molecular complexity index is 249. The lowest BCUT2D eigenvalue weighted by molar-refractivity contribution is -1.16. The van der Waals surface area contributed by atoms with Crippen LogP contribution in [0.25, 0.3) is 0 Å². The molecule has 5 heteroatoms. The van der Waals surface area contributed by atoms with E-state index in [1.54, 1.807) is 13.8 Å². The normalized spacial score (nSPS) is 17.8. The average molecular weight is 215 g/mol. The summed E-state index contributed by atoms with van der Waals surface area (Å²) in [5.41, 5.74) is 4.66. The first-order valence-electron chi connectivity index (χ1n) is 4.86. The highest BCUT2D eigenvalue weighted by molar-refractivity contribution is 5.69. The van der Waals surface area contributed by atoms with Crippen LogP contribution >= 0.6 is 0 Å². The molecular weight excluding hydrogens is 192 g/mol. The summed E-state index contributed by atoms with van der Waals surface area (Å²) < 4.78 is 0. The third kappa shape index (κ3) is 4.53. The Balaban J connectivity index is 5.04. The lowest BCUT2D eigenvalue weighted by atomic mass is 10.2. The van der Waals surface area contributed by atoms with Gasteiger partial charge in [0.15, 0.2) is 0 Å². The highest BCUT2D eigenvalue weighted by Gasteiger charge is 2.45. The summed E-state index contributed by atoms with van der Waals surface area (Å²) in [5, 5.41) is 4.06. The molecule has 0 aromatic rings. The van der Waals surface area contributed by atoms with Gasteiger partial charge in [-0.1, -0.05) is 6.58 Å². The second kappa shape index (κ2) is 4.40. The molecule has 0 aliphatic rings. The summed E-state index contributed by atoms with van der Waals surface area (Å²) in [6.07, 6.45) is 3.00. The molecule has 0 fully saturated rings. The fraction of sp³-hybridized carbons (Fsp3) is 0.700. The predicted molar refractivity (Wildman–Crippen MR) is 62.2 cm³/mol. The van der Waals surface area contributed by atoms with E-state index >= 15 is 0 Å². The fourth-order valence-electron chi connectivity index (χ4n) is 0.854. The van der Waals surface area contributed by atoms with E-state index in [4.69, 9.17) is 16.4 Å². The summed E-state index contributed by atoms with van der Waals surface area (Å²) in [6, 6.07) is 0. The van der Waals surface area contributed by atoms with Crippen molar-refractivity contribution in [3.8, 4) is 0 Å². The maximum Gasteiger partial charge on any atom is 0.221 e. The van der Waals surface area contributed by atoms with Gasteiger partial charge in [-0.05, 0) is 31.9 Å². The summed E-state index contributed by atoms with van der Waals surface area (Å²) in [4.78, 5) is 5.10. The topological polar surface area (TPSA) is 73.6 Å². The van der Waals surface area contributed by atoms with Crippen molar-refractivity contribution in [2.24, 2.45) is 16.7 Å². The Labute approximate surface area is 91.9 Å². The van der Waals surface area contributed by atoms with Crippen LogP contribution in [0.2, 0.25) is 0 Å². The molecule has 0 aliphatic heterocycles. The molecule has 0 rings (SSSR count). The highest BCUT2D eigenvalue weighted by atomic mass is 16.8. The van der Waals surface area contributed by atoms with Gasteiger partial charge in [0, 0.05) is 18.7 Å². The molecule has 0 aromatic carbocycles. The van der Waals surface area contributed by atoms with Gasteiger partial charge in [0.2, 0.25) is 5.66 Å². The predicted octanol–water partition coefficient (Wildman–Crippen LogP) is 1.27. The second-order valence-corrected chi connectivity index (χ2v) is 4.98. The first-order valence-corrected chi connectivity index (χ1v) is 4.86. The van der Waals surface area contributed by atoms with Crippen LogP contribution in [0.1, 0.15) is 34.6 Å². The largest absolute Gasteiger partial charge is 0.273 e. The quantitative estimate of drug-likeness (QED) is 0.244. The van der Waals surface area contributed by atoms with Gasteiger partial charge in [-0.3, -0.25) is 5.73 Å². The third-order valence-electron chi connectivity index (χ3n) is 1.58. The van der Waals surface area contributed by atoms with Gasteiger partial charge in [-0.25, -0.2) is 0 Å². The monoisotopic (exact) mass is 215 g/mol. The molecular formula is C10H23N4O+. The van der Waals surface area contributed by atoms with E-state index in [-0.39, 0.29) is 0 Å². The Morgan fingerprint density at radius 1 is 1.27 bits per heavy atom. The highest BCUT2D eigenvalue weighted by Crippen LogP contribution is 2.22. The lowest BCUT2D eigenvalue weighted by Gasteiger charge is -2.38. The number of allylic oxidation sites excluding steroid dienone is 1. The summed E-state index contributed by atoms with van der Waals surface area (Å²) in [7, 11) is 0. The lowest BCUT2D eigenvalue weighted by Crippen LogP contribution is -2.69. The number of hydrogen-bond donors (Lipinski definition) is 2. The molecule has 1 atom stereocenters. The molecule has 0 radical (unpaired) electrons. The molecule has 5 nitrogen and oxygen atoms in total. The van der Waals surface area contributed by atoms with E-state index in [1.165, 1.54) is 12.3 Å². The number of hydroxylamine groups is 1. The molecule has 0 aromatic heterocycles. The van der Waals surface area contributed by atoms with E-state index in [2.05, 4.69) is 11.7 Å². The molecule has 0 heterocycles. The van der Waals surface area contributed by atoms with E-state index in [0.717, 1.165) is 0 Å². The minimum Gasteiger partial charge on any atom is -0.273 e. The van der Waals surface area contributed by atoms with E-state index in [9.17, 15) is 0 Å². The smallest absolute Gasteiger partial charge is 0.221 e. The van der Waals surface area contributed by atoms with Crippen LogP contribution in [0, 0.1) is 0 Å². The molecule has 88 valence electrons. The van der Waals surface area contributed by atoms with Crippen molar-refractivity contribution in [2.75, 3.05) is 0 Å². The van der Waals surface area contributed by atoms with Crippen molar-refractivity contribution in [3.05, 3.63) is 12.7 Å². The van der Waals surface area contributed by atoms with Gasteiger partial charge in [0.05, 0.1) is 6.21 Å². The van der Waals surface area contributed by atoms with Gasteiger partial charge in [-0.2, -0.15) is 0 Å². The average Bonchev–Trinajstić information content (AvgIpc) is 1.95. The Morgan fingerprint density at radius 3 is 2.00 bits per heavy atom. The van der Waals surface area contributed by atoms with Gasteiger partial charge in [0.25, 0.3) is 0 Å². The van der Waals surface area contributed by atoms with Crippen molar-refractivity contribution in [2.45, 2.75) is 45.9 Å². The summed E-state index contributed by atoms with van der Waals surface area (Å²) in [6.45, 7) is 12.7. The Kier molecular flexibility index (Phi) is 4.18. The molecule has 0 aliphatic carbocycles. The van der Waals surface area contributed by atoms with E-state index < -0.39 is 16.1 Å². The minimum atomic E-state index is -0.840. The first kappa shape index (κ1) is 14.2. The number of hydrogen-bond acceptors (Lipinski definition) is 4. The molecule has 1 unspecified atom stereocenters. The van der Waals surface area contributed by atoms with Crippen LogP contribution < -0.4 is 11.6 Å². The van der Waals surface area contributed by atoms with Crippen LogP contribution in [0.3, 0.4) is 0 Å². The maximum absolute atomic E-state index is 5.99. The van der Waals surface area contributed by atoms with Gasteiger partial charge >= 0.3 is 0 Å². The minimum absolute atomic E-state index is 0.441. The van der Waals surface area contributed by atoms with Gasteiger partial charge in [-0.15, -0.1) is 10.7 Å². The Morgan fingerprint density at radius 2 is 1.73 bits per heavy atom. The van der Waals surface area contributed by atoms with Crippen molar-refractivity contribution in [1.82, 2.24) is 0 Å². The molecule has 0 spiro atoms. The van der Waals surface area contributed by atoms with Crippen molar-refractivity contribution in [1.29, 1.82) is 0 Å². The van der Waals surface area contributed by atoms with Gasteiger partial charge < -0.3 is 0 Å². The summed E-state index contributed by atoms with van der Waals surface area (Å²) in [5.74, 6) is 5.99. The second-order valence-electron chi connectivity index (χ2n) is 4.98. The molecule has 4 N–H and O–H groups in total. The van der Waals surface area contributed by atoms with Crippen molar-refractivity contribution < 1.29 is 9.70 Å². The van der Waals surface area contributed by atoms with Crippen LogP contribution in [-0.4, -0.2) is 22.3 Å². The zero-order valence-corrected chi connectivity index (χ0v) is 10.3. The molecule has 0 saturated heterocycles. The zero-order valence-electron chi connectivity index (χ0n) is 10.3. The SMILES string of the molecule is C=C/C=N/[N+](N)(OC(C)(C)C)C(C)(C)N. The summed E-state index contributed by atoms with van der Waals surface area (Å²) >= 11 is 0. The standard InChI is InChI=1S/C10H23N4O/c1-7-8-13-14(12,10(5,6)11)15-9(2,3)4/h7-8H,1,11-12H2,2-6H3/q+1/b13-8+. The fourth-order valence-corrected chi connectivity index (χ4v) is 0.854.